The van der Waals surface area contributed by atoms with Crippen molar-refractivity contribution < 1.29 is 14.1 Å². The molecule has 0 bridgehead atoms. The van der Waals surface area contributed by atoms with E-state index in [0.717, 1.165) is 18.8 Å². The third-order valence-corrected chi connectivity index (χ3v) is 4.88. The number of hydrogen-bond donors (Lipinski definition) is 2. The van der Waals surface area contributed by atoms with E-state index in [4.69, 9.17) is 9.26 Å². The number of anilines is 1. The van der Waals surface area contributed by atoms with Gasteiger partial charge in [-0.3, -0.25) is 5.32 Å². The van der Waals surface area contributed by atoms with E-state index in [1.807, 2.05) is 20.8 Å². The molecule has 22 heavy (non-hydrogen) atoms. The zero-order valence-corrected chi connectivity index (χ0v) is 13.9. The molecule has 2 amide bonds. The van der Waals surface area contributed by atoms with Crippen molar-refractivity contribution in [3.05, 3.63) is 11.8 Å². The molecule has 1 saturated heterocycles. The van der Waals surface area contributed by atoms with Crippen LogP contribution in [0.4, 0.5) is 10.6 Å². The quantitative estimate of drug-likeness (QED) is 0.881. The predicted octanol–water partition coefficient (Wildman–Crippen LogP) is 2.91. The first-order valence-electron chi connectivity index (χ1n) is 7.86. The highest BCUT2D eigenvalue weighted by Crippen LogP contribution is 2.52. The minimum absolute atomic E-state index is 0.0289. The molecule has 1 aliphatic carbocycles. The maximum Gasteiger partial charge on any atom is 0.320 e. The van der Waals surface area contributed by atoms with Crippen LogP contribution in [0.15, 0.2) is 10.6 Å². The highest BCUT2D eigenvalue weighted by molar-refractivity contribution is 5.88. The van der Waals surface area contributed by atoms with Gasteiger partial charge in [0.15, 0.2) is 5.82 Å². The molecule has 3 rings (SSSR count). The van der Waals surface area contributed by atoms with E-state index in [9.17, 15) is 4.79 Å². The lowest BCUT2D eigenvalue weighted by molar-refractivity contribution is -0.107. The maximum absolute atomic E-state index is 12.2. The summed E-state index contributed by atoms with van der Waals surface area (Å²) in [4.78, 5) is 12.2. The van der Waals surface area contributed by atoms with E-state index >= 15 is 0 Å². The molecule has 6 heteroatoms. The molecule has 1 aromatic heterocycles. The van der Waals surface area contributed by atoms with Gasteiger partial charge in [0.2, 0.25) is 0 Å². The smallest absolute Gasteiger partial charge is 0.320 e. The van der Waals surface area contributed by atoms with Crippen LogP contribution in [0.1, 0.15) is 46.8 Å². The molecule has 1 aromatic rings. The summed E-state index contributed by atoms with van der Waals surface area (Å²) < 4.78 is 11.0. The van der Waals surface area contributed by atoms with E-state index in [0.29, 0.717) is 11.7 Å². The predicted molar refractivity (Wildman–Crippen MR) is 82.8 cm³/mol. The molecule has 0 aromatic carbocycles. The molecule has 3 atom stereocenters. The molecule has 2 heterocycles. The van der Waals surface area contributed by atoms with Crippen LogP contribution in [0.2, 0.25) is 0 Å². The first kappa shape index (κ1) is 15.3. The van der Waals surface area contributed by atoms with Crippen molar-refractivity contribution in [3.63, 3.8) is 0 Å². The summed E-state index contributed by atoms with van der Waals surface area (Å²) in [6.45, 7) is 11.2. The minimum Gasteiger partial charge on any atom is -0.377 e. The Morgan fingerprint density at radius 2 is 2.14 bits per heavy atom. The van der Waals surface area contributed by atoms with Gasteiger partial charge < -0.3 is 14.6 Å². The van der Waals surface area contributed by atoms with E-state index < -0.39 is 0 Å². The molecule has 0 radical (unpaired) electrons. The van der Waals surface area contributed by atoms with Gasteiger partial charge in [0, 0.05) is 35.5 Å². The Kier molecular flexibility index (Phi) is 3.47. The first-order valence-corrected chi connectivity index (χ1v) is 7.86. The van der Waals surface area contributed by atoms with Crippen LogP contribution >= 0.6 is 0 Å². The number of aromatic nitrogens is 1. The molecular weight excluding hydrogens is 282 g/mol. The summed E-state index contributed by atoms with van der Waals surface area (Å²) in [5.41, 5.74) is -0.160. The molecule has 1 aliphatic heterocycles. The Morgan fingerprint density at radius 3 is 2.77 bits per heavy atom. The van der Waals surface area contributed by atoms with Crippen LogP contribution in [-0.2, 0) is 10.2 Å². The number of amides is 2. The Hall–Kier alpha value is -1.56. The molecule has 1 saturated carbocycles. The topological polar surface area (TPSA) is 76.4 Å². The van der Waals surface area contributed by atoms with Crippen molar-refractivity contribution in [2.45, 2.75) is 58.6 Å². The molecular formula is C16H25N3O3. The monoisotopic (exact) mass is 307 g/mol. The van der Waals surface area contributed by atoms with Crippen LogP contribution < -0.4 is 10.6 Å². The van der Waals surface area contributed by atoms with Crippen molar-refractivity contribution in [1.29, 1.82) is 0 Å². The van der Waals surface area contributed by atoms with Crippen LogP contribution in [0.5, 0.6) is 0 Å². The van der Waals surface area contributed by atoms with E-state index in [1.165, 1.54) is 0 Å². The van der Waals surface area contributed by atoms with Gasteiger partial charge in [-0.15, -0.1) is 0 Å². The molecule has 3 unspecified atom stereocenters. The van der Waals surface area contributed by atoms with Gasteiger partial charge in [-0.05, 0) is 6.42 Å². The van der Waals surface area contributed by atoms with Crippen LogP contribution in [0.3, 0.4) is 0 Å². The summed E-state index contributed by atoms with van der Waals surface area (Å²) >= 11 is 0. The normalized spacial score (nSPS) is 29.6. The average molecular weight is 307 g/mol. The summed E-state index contributed by atoms with van der Waals surface area (Å²) in [7, 11) is 0. The second-order valence-corrected chi connectivity index (χ2v) is 7.97. The van der Waals surface area contributed by atoms with E-state index in [-0.39, 0.29) is 29.0 Å². The molecule has 6 nitrogen and oxygen atoms in total. The van der Waals surface area contributed by atoms with Gasteiger partial charge in [0.25, 0.3) is 0 Å². The van der Waals surface area contributed by atoms with Crippen molar-refractivity contribution in [2.75, 3.05) is 11.9 Å². The second-order valence-electron chi connectivity index (χ2n) is 7.97. The van der Waals surface area contributed by atoms with Crippen molar-refractivity contribution in [2.24, 2.45) is 11.3 Å². The van der Waals surface area contributed by atoms with Gasteiger partial charge in [-0.2, -0.15) is 0 Å². The molecule has 0 spiro atoms. The fraction of sp³-hybridized carbons (Fsp3) is 0.750. The highest BCUT2D eigenvalue weighted by atomic mass is 16.5. The average Bonchev–Trinajstić information content (AvgIpc) is 3.02. The lowest BCUT2D eigenvalue weighted by Crippen LogP contribution is -2.67. The number of urea groups is 1. The van der Waals surface area contributed by atoms with Gasteiger partial charge in [-0.1, -0.05) is 39.8 Å². The van der Waals surface area contributed by atoms with Crippen molar-refractivity contribution in [1.82, 2.24) is 10.5 Å². The number of nitrogens with zero attached hydrogens (tertiary/aromatic N) is 1. The maximum atomic E-state index is 12.2. The number of carbonyl (C=O) groups is 1. The molecule has 2 fully saturated rings. The van der Waals surface area contributed by atoms with Crippen molar-refractivity contribution >= 4 is 11.8 Å². The molecule has 2 aliphatic rings. The Bertz CT molecular complexity index is 573. The number of rotatable bonds is 2. The number of nitrogens with one attached hydrogen (secondary N) is 2. The van der Waals surface area contributed by atoms with Crippen LogP contribution in [0.25, 0.3) is 0 Å². The Balaban J connectivity index is 1.60. The fourth-order valence-corrected chi connectivity index (χ4v) is 3.60. The zero-order chi connectivity index (χ0) is 16.1. The summed E-state index contributed by atoms with van der Waals surface area (Å²) in [6, 6.07) is 1.67. The molecule has 2 N–H and O–H groups in total. The van der Waals surface area contributed by atoms with Crippen LogP contribution in [0, 0.1) is 11.3 Å². The van der Waals surface area contributed by atoms with E-state index in [1.54, 1.807) is 6.07 Å². The minimum atomic E-state index is -0.239. The second kappa shape index (κ2) is 4.98. The van der Waals surface area contributed by atoms with Gasteiger partial charge in [0.1, 0.15) is 5.76 Å². The van der Waals surface area contributed by atoms with Crippen LogP contribution in [-0.4, -0.2) is 29.9 Å². The number of ether oxygens (including phenoxy) is 1. The van der Waals surface area contributed by atoms with Gasteiger partial charge in [0.05, 0.1) is 6.10 Å². The lowest BCUT2D eigenvalue weighted by Gasteiger charge is -2.54. The summed E-state index contributed by atoms with van der Waals surface area (Å²) in [5.74, 6) is 1.61. The SMILES string of the molecule is CC(C)(C)c1cc(NC(=O)NC2C3CCOC3C2(C)C)no1. The largest absolute Gasteiger partial charge is 0.377 e. The van der Waals surface area contributed by atoms with Gasteiger partial charge in [-0.25, -0.2) is 4.79 Å². The fourth-order valence-electron chi connectivity index (χ4n) is 3.60. The Labute approximate surface area is 131 Å². The number of carbonyl (C=O) groups excluding carboxylic acids is 1. The number of fused-ring (bicyclic) bond motifs is 1. The van der Waals surface area contributed by atoms with Crippen molar-refractivity contribution in [3.8, 4) is 0 Å². The number of hydrogen-bond acceptors (Lipinski definition) is 4. The molecule has 122 valence electrons. The Morgan fingerprint density at radius 1 is 1.41 bits per heavy atom. The lowest BCUT2D eigenvalue weighted by atomic mass is 9.57. The van der Waals surface area contributed by atoms with Gasteiger partial charge >= 0.3 is 6.03 Å². The third-order valence-electron chi connectivity index (χ3n) is 4.88. The third kappa shape index (κ3) is 2.49. The standard InChI is InChI=1S/C16H25N3O3/c1-15(2,3)10-8-11(19-22-10)17-14(20)18-12-9-6-7-21-13(9)16(12,4)5/h8-9,12-13H,6-7H2,1-5H3,(H2,17,18,19,20). The zero-order valence-electron chi connectivity index (χ0n) is 13.9. The highest BCUT2D eigenvalue weighted by Gasteiger charge is 2.59. The first-order chi connectivity index (χ1) is 10.2. The van der Waals surface area contributed by atoms with E-state index in [2.05, 4.69) is 29.6 Å². The summed E-state index contributed by atoms with van der Waals surface area (Å²) in [6.07, 6.45) is 1.27. The summed E-state index contributed by atoms with van der Waals surface area (Å²) in [5, 5.41) is 9.72.